The highest BCUT2D eigenvalue weighted by Gasteiger charge is 2.33. The molecule has 2 heterocycles. The van der Waals surface area contributed by atoms with Gasteiger partial charge in [-0.25, -0.2) is 0 Å². The number of hydrogen-bond acceptors (Lipinski definition) is 5. The van der Waals surface area contributed by atoms with Gasteiger partial charge in [0.2, 0.25) is 0 Å². The molecule has 6 nitrogen and oxygen atoms in total. The molecule has 1 aromatic rings. The van der Waals surface area contributed by atoms with Gasteiger partial charge in [0.05, 0.1) is 25.0 Å². The molecule has 1 N–H and O–H groups in total. The Morgan fingerprint density at radius 2 is 2.15 bits per heavy atom. The zero-order valence-corrected chi connectivity index (χ0v) is 13.3. The molecule has 1 aliphatic heterocycles. The molecule has 0 saturated carbocycles. The molecule has 1 fully saturated rings. The lowest BCUT2D eigenvalue weighted by Crippen LogP contribution is -2.55. The summed E-state index contributed by atoms with van der Waals surface area (Å²) in [6.07, 6.45) is 1.80. The smallest absolute Gasteiger partial charge is 0.161 e. The second kappa shape index (κ2) is 6.56. The zero-order chi connectivity index (χ0) is 14.7. The van der Waals surface area contributed by atoms with Gasteiger partial charge in [-0.2, -0.15) is 5.10 Å². The second-order valence-electron chi connectivity index (χ2n) is 5.57. The van der Waals surface area contributed by atoms with E-state index in [2.05, 4.69) is 41.2 Å². The van der Waals surface area contributed by atoms with E-state index in [0.29, 0.717) is 6.04 Å². The minimum Gasteiger partial charge on any atom is -0.493 e. The second-order valence-corrected chi connectivity index (χ2v) is 5.57. The standard InChI is InChI=1S/C14H27N5O/c1-6-15-13(11-10-17(2)7-8-18(11)3)14-12(20-5)9-16-19(14)4/h9,11,13,15H,6-8,10H2,1-5H3. The van der Waals surface area contributed by atoms with Crippen LogP contribution in [0.1, 0.15) is 18.7 Å². The molecular formula is C14H27N5O. The molecule has 0 spiro atoms. The van der Waals surface area contributed by atoms with Gasteiger partial charge in [0.15, 0.2) is 5.75 Å². The molecule has 2 rings (SSSR count). The molecule has 0 amide bonds. The highest BCUT2D eigenvalue weighted by atomic mass is 16.5. The first kappa shape index (κ1) is 15.3. The summed E-state index contributed by atoms with van der Waals surface area (Å²) in [5.74, 6) is 0.861. The molecule has 2 unspecified atom stereocenters. The molecular weight excluding hydrogens is 254 g/mol. The van der Waals surface area contributed by atoms with Gasteiger partial charge in [-0.05, 0) is 20.6 Å². The summed E-state index contributed by atoms with van der Waals surface area (Å²) < 4.78 is 7.42. The van der Waals surface area contributed by atoms with E-state index in [1.807, 2.05) is 11.7 Å². The number of nitrogens with zero attached hydrogens (tertiary/aromatic N) is 4. The molecule has 114 valence electrons. The van der Waals surface area contributed by atoms with Crippen LogP contribution < -0.4 is 10.1 Å². The van der Waals surface area contributed by atoms with Crippen LogP contribution in [-0.4, -0.2) is 73.0 Å². The highest BCUT2D eigenvalue weighted by Crippen LogP contribution is 2.29. The number of aromatic nitrogens is 2. The lowest BCUT2D eigenvalue weighted by Gasteiger charge is -2.42. The third kappa shape index (κ3) is 2.97. The van der Waals surface area contributed by atoms with Crippen molar-refractivity contribution in [1.82, 2.24) is 24.9 Å². The Kier molecular flexibility index (Phi) is 5.01. The van der Waals surface area contributed by atoms with Crippen LogP contribution in [0.3, 0.4) is 0 Å². The number of likely N-dealkylation sites (N-methyl/N-ethyl adjacent to an activating group) is 3. The highest BCUT2D eigenvalue weighted by molar-refractivity contribution is 5.29. The number of piperazine rings is 1. The van der Waals surface area contributed by atoms with E-state index in [9.17, 15) is 0 Å². The van der Waals surface area contributed by atoms with E-state index in [1.54, 1.807) is 13.3 Å². The summed E-state index contributed by atoms with van der Waals surface area (Å²) in [6.45, 7) is 6.32. The van der Waals surface area contributed by atoms with Crippen molar-refractivity contribution >= 4 is 0 Å². The summed E-state index contributed by atoms with van der Waals surface area (Å²) in [6, 6.07) is 0.633. The van der Waals surface area contributed by atoms with E-state index in [-0.39, 0.29) is 6.04 Å². The van der Waals surface area contributed by atoms with Crippen LogP contribution in [0.15, 0.2) is 6.20 Å². The van der Waals surface area contributed by atoms with Crippen molar-refractivity contribution in [3.8, 4) is 5.75 Å². The molecule has 1 aromatic heterocycles. The number of methoxy groups -OCH3 is 1. The van der Waals surface area contributed by atoms with Crippen LogP contribution in [0.4, 0.5) is 0 Å². The molecule has 20 heavy (non-hydrogen) atoms. The topological polar surface area (TPSA) is 45.6 Å². The van der Waals surface area contributed by atoms with Gasteiger partial charge in [-0.3, -0.25) is 9.58 Å². The van der Waals surface area contributed by atoms with Crippen LogP contribution >= 0.6 is 0 Å². The van der Waals surface area contributed by atoms with Crippen LogP contribution in [0.2, 0.25) is 0 Å². The minimum atomic E-state index is 0.218. The normalized spacial score (nSPS) is 22.9. The van der Waals surface area contributed by atoms with Crippen molar-refractivity contribution in [2.45, 2.75) is 19.0 Å². The van der Waals surface area contributed by atoms with Crippen LogP contribution in [0.5, 0.6) is 5.75 Å². The van der Waals surface area contributed by atoms with Gasteiger partial charge in [-0.15, -0.1) is 0 Å². The van der Waals surface area contributed by atoms with Crippen molar-refractivity contribution in [3.63, 3.8) is 0 Å². The maximum atomic E-state index is 5.49. The van der Waals surface area contributed by atoms with Crippen molar-refractivity contribution in [2.75, 3.05) is 47.4 Å². The molecule has 1 saturated heterocycles. The third-order valence-electron chi connectivity index (χ3n) is 4.17. The Labute approximate surface area is 121 Å². The molecule has 0 bridgehead atoms. The summed E-state index contributed by atoms with van der Waals surface area (Å²) in [4.78, 5) is 4.82. The number of aryl methyl sites for hydroxylation is 1. The van der Waals surface area contributed by atoms with Gasteiger partial charge < -0.3 is 15.0 Å². The SMILES string of the molecule is CCNC(c1c(OC)cnn1C)C1CN(C)CCN1C. The average Bonchev–Trinajstić information content (AvgIpc) is 2.80. The summed E-state index contributed by atoms with van der Waals surface area (Å²) in [7, 11) is 8.07. The van der Waals surface area contributed by atoms with E-state index < -0.39 is 0 Å². The van der Waals surface area contributed by atoms with Crippen molar-refractivity contribution in [2.24, 2.45) is 7.05 Å². The minimum absolute atomic E-state index is 0.218. The molecule has 0 aliphatic carbocycles. The van der Waals surface area contributed by atoms with E-state index in [1.165, 1.54) is 0 Å². The van der Waals surface area contributed by atoms with Crippen LogP contribution in [-0.2, 0) is 7.05 Å². The van der Waals surface area contributed by atoms with Gasteiger partial charge in [0, 0.05) is 32.7 Å². The first-order valence-corrected chi connectivity index (χ1v) is 7.26. The van der Waals surface area contributed by atoms with Crippen molar-refractivity contribution < 1.29 is 4.74 Å². The molecule has 2 atom stereocenters. The Hall–Kier alpha value is -1.11. The van der Waals surface area contributed by atoms with E-state index in [0.717, 1.165) is 37.6 Å². The largest absolute Gasteiger partial charge is 0.493 e. The Morgan fingerprint density at radius 3 is 2.80 bits per heavy atom. The summed E-state index contributed by atoms with van der Waals surface area (Å²) >= 11 is 0. The van der Waals surface area contributed by atoms with E-state index in [4.69, 9.17) is 4.74 Å². The van der Waals surface area contributed by atoms with Gasteiger partial charge in [0.1, 0.15) is 0 Å². The molecule has 1 aliphatic rings. The summed E-state index contributed by atoms with van der Waals surface area (Å²) in [5, 5.41) is 7.96. The Morgan fingerprint density at radius 1 is 1.40 bits per heavy atom. The van der Waals surface area contributed by atoms with Crippen LogP contribution in [0.25, 0.3) is 0 Å². The molecule has 6 heteroatoms. The van der Waals surface area contributed by atoms with Gasteiger partial charge in [-0.1, -0.05) is 6.92 Å². The maximum absolute atomic E-state index is 5.49. The predicted molar refractivity (Wildman–Crippen MR) is 80.1 cm³/mol. The number of hydrogen-bond donors (Lipinski definition) is 1. The zero-order valence-electron chi connectivity index (χ0n) is 13.3. The Balaban J connectivity index is 2.32. The van der Waals surface area contributed by atoms with Gasteiger partial charge >= 0.3 is 0 Å². The third-order valence-corrected chi connectivity index (χ3v) is 4.17. The average molecular weight is 281 g/mol. The monoisotopic (exact) mass is 281 g/mol. The fraction of sp³-hybridized carbons (Fsp3) is 0.786. The maximum Gasteiger partial charge on any atom is 0.161 e. The fourth-order valence-corrected chi connectivity index (χ4v) is 2.98. The molecule has 0 radical (unpaired) electrons. The number of ether oxygens (including phenoxy) is 1. The van der Waals surface area contributed by atoms with Crippen molar-refractivity contribution in [3.05, 3.63) is 11.9 Å². The predicted octanol–water partition coefficient (Wildman–Crippen LogP) is 0.325. The van der Waals surface area contributed by atoms with Gasteiger partial charge in [0.25, 0.3) is 0 Å². The Bertz CT molecular complexity index is 433. The van der Waals surface area contributed by atoms with E-state index >= 15 is 0 Å². The first-order valence-electron chi connectivity index (χ1n) is 7.26. The lowest BCUT2D eigenvalue weighted by molar-refractivity contribution is 0.0852. The van der Waals surface area contributed by atoms with Crippen LogP contribution in [0, 0.1) is 0 Å². The molecule has 0 aromatic carbocycles. The van der Waals surface area contributed by atoms with Crippen molar-refractivity contribution in [1.29, 1.82) is 0 Å². The number of rotatable bonds is 5. The summed E-state index contributed by atoms with van der Waals surface area (Å²) in [5.41, 5.74) is 1.13. The number of nitrogens with one attached hydrogen (secondary N) is 1. The first-order chi connectivity index (χ1) is 9.58. The lowest BCUT2D eigenvalue weighted by atomic mass is 10.00. The quantitative estimate of drug-likeness (QED) is 0.842. The fourth-order valence-electron chi connectivity index (χ4n) is 2.98.